The minimum atomic E-state index is -0.545. The van der Waals surface area contributed by atoms with Crippen molar-refractivity contribution in [2.75, 3.05) is 50.8 Å². The molecule has 2 aliphatic heterocycles. The van der Waals surface area contributed by atoms with Crippen molar-refractivity contribution >= 4 is 29.2 Å². The summed E-state index contributed by atoms with van der Waals surface area (Å²) in [6.07, 6.45) is 4.80. The molecule has 262 valence electrons. The normalized spacial score (nSPS) is 20.3. The number of carbonyl (C=O) groups is 3. The molecule has 3 heterocycles. The third-order valence-corrected chi connectivity index (χ3v) is 8.68. The maximum atomic E-state index is 14.4. The standard InChI is InChI=1S/C36H45N5O8/c1-23-19-41(24(2)21-42)35(44)29-17-27(38-34(43)26-12-14-37-15-13-26)8-10-30(29)49-25(3)7-5-6-16-46-33(23)20-40(4)36(45)39-28-9-11-31-32(18-28)48-22-47-31/h8-15,17-18,23-25,33,42H,5-7,16,19-22H2,1-4H3,(H,38,43)(H,39,45)/t23-,24+,25-,33+/m1/s1. The maximum absolute atomic E-state index is 14.4. The summed E-state index contributed by atoms with van der Waals surface area (Å²) in [4.78, 5) is 47.6. The molecule has 1 aromatic heterocycles. The number of fused-ring (bicyclic) bond motifs is 2. The lowest BCUT2D eigenvalue weighted by molar-refractivity contribution is -0.0115. The van der Waals surface area contributed by atoms with Crippen LogP contribution >= 0.6 is 0 Å². The highest BCUT2D eigenvalue weighted by Gasteiger charge is 2.31. The van der Waals surface area contributed by atoms with Gasteiger partial charge >= 0.3 is 6.03 Å². The third kappa shape index (κ3) is 9.18. The molecule has 4 amide bonds. The van der Waals surface area contributed by atoms with Gasteiger partial charge in [0.2, 0.25) is 6.79 Å². The van der Waals surface area contributed by atoms with Crippen LogP contribution in [-0.4, -0.2) is 96.1 Å². The average molecular weight is 676 g/mol. The highest BCUT2D eigenvalue weighted by Crippen LogP contribution is 2.34. The summed E-state index contributed by atoms with van der Waals surface area (Å²) in [6, 6.07) is 12.6. The molecule has 3 N–H and O–H groups in total. The van der Waals surface area contributed by atoms with Crippen LogP contribution in [0.15, 0.2) is 60.9 Å². The number of benzene rings is 2. The van der Waals surface area contributed by atoms with Crippen LogP contribution in [0.5, 0.6) is 17.2 Å². The lowest BCUT2D eigenvalue weighted by atomic mass is 10.0. The number of carbonyl (C=O) groups excluding carboxylic acids is 3. The molecular weight excluding hydrogens is 630 g/mol. The number of nitrogens with one attached hydrogen (secondary N) is 2. The van der Waals surface area contributed by atoms with Gasteiger partial charge in [0.25, 0.3) is 11.8 Å². The smallest absolute Gasteiger partial charge is 0.321 e. The summed E-state index contributed by atoms with van der Waals surface area (Å²) < 4.78 is 23.5. The number of likely N-dealkylation sites (N-methyl/N-ethyl adjacent to an activating group) is 1. The highest BCUT2D eigenvalue weighted by molar-refractivity contribution is 6.05. The molecule has 13 heteroatoms. The molecule has 0 aliphatic carbocycles. The van der Waals surface area contributed by atoms with E-state index >= 15 is 0 Å². The first-order valence-electron chi connectivity index (χ1n) is 16.6. The van der Waals surface area contributed by atoms with Crippen molar-refractivity contribution < 1.29 is 38.4 Å². The summed E-state index contributed by atoms with van der Waals surface area (Å²) in [6.45, 7) is 6.52. The molecule has 0 bridgehead atoms. The van der Waals surface area contributed by atoms with Crippen LogP contribution in [0.1, 0.15) is 60.7 Å². The molecule has 5 rings (SSSR count). The first kappa shape index (κ1) is 35.4. The SMILES string of the molecule is C[C@@H]1CCCCO[C@@H](CN(C)C(=O)Nc2ccc3c(c2)OCO3)[C@H](C)CN([C@@H](C)CO)C(=O)c2cc(NC(=O)c3ccncc3)ccc2O1. The van der Waals surface area contributed by atoms with Gasteiger partial charge in [-0.15, -0.1) is 0 Å². The zero-order valence-corrected chi connectivity index (χ0v) is 28.4. The van der Waals surface area contributed by atoms with Crippen molar-refractivity contribution in [1.82, 2.24) is 14.8 Å². The number of anilines is 2. The Morgan fingerprint density at radius 2 is 1.71 bits per heavy atom. The van der Waals surface area contributed by atoms with Gasteiger partial charge in [-0.2, -0.15) is 0 Å². The van der Waals surface area contributed by atoms with Gasteiger partial charge in [-0.25, -0.2) is 4.79 Å². The molecule has 0 saturated carbocycles. The fraction of sp³-hybridized carbons (Fsp3) is 0.444. The summed E-state index contributed by atoms with van der Waals surface area (Å²) in [5.41, 5.74) is 1.69. The Morgan fingerprint density at radius 1 is 1.00 bits per heavy atom. The van der Waals surface area contributed by atoms with Gasteiger partial charge in [-0.05, 0) is 75.6 Å². The number of aliphatic hydroxyl groups is 1. The van der Waals surface area contributed by atoms with Gasteiger partial charge in [0.1, 0.15) is 5.75 Å². The number of hydrogen-bond donors (Lipinski definition) is 3. The topological polar surface area (TPSA) is 152 Å². The number of aliphatic hydroxyl groups excluding tert-OH is 1. The second-order valence-electron chi connectivity index (χ2n) is 12.6. The minimum Gasteiger partial charge on any atom is -0.490 e. The minimum absolute atomic E-state index is 0.138. The number of rotatable bonds is 7. The van der Waals surface area contributed by atoms with Crippen molar-refractivity contribution in [2.45, 2.75) is 58.3 Å². The van der Waals surface area contributed by atoms with E-state index in [9.17, 15) is 19.5 Å². The number of aromatic nitrogens is 1. The Labute approximate surface area is 286 Å². The van der Waals surface area contributed by atoms with E-state index in [1.807, 2.05) is 13.8 Å². The molecule has 13 nitrogen and oxygen atoms in total. The molecular formula is C36H45N5O8. The van der Waals surface area contributed by atoms with Crippen LogP contribution in [0.4, 0.5) is 16.2 Å². The van der Waals surface area contributed by atoms with Crippen molar-refractivity contribution in [3.05, 3.63) is 72.1 Å². The first-order chi connectivity index (χ1) is 23.6. The van der Waals surface area contributed by atoms with Gasteiger partial charge < -0.3 is 44.5 Å². The molecule has 0 radical (unpaired) electrons. The van der Waals surface area contributed by atoms with E-state index < -0.39 is 12.1 Å². The Hall–Kier alpha value is -4.88. The monoisotopic (exact) mass is 675 g/mol. The van der Waals surface area contributed by atoms with Crippen LogP contribution in [-0.2, 0) is 4.74 Å². The van der Waals surface area contributed by atoms with E-state index in [1.165, 1.54) is 12.4 Å². The average Bonchev–Trinajstić information content (AvgIpc) is 3.58. The van der Waals surface area contributed by atoms with Gasteiger partial charge in [-0.1, -0.05) is 6.92 Å². The zero-order valence-electron chi connectivity index (χ0n) is 28.4. The van der Waals surface area contributed by atoms with Crippen LogP contribution < -0.4 is 24.8 Å². The lowest BCUT2D eigenvalue weighted by Crippen LogP contribution is -2.48. The molecule has 4 atom stereocenters. The second kappa shape index (κ2) is 16.5. The van der Waals surface area contributed by atoms with Crippen LogP contribution in [0.25, 0.3) is 0 Å². The van der Waals surface area contributed by atoms with Gasteiger partial charge in [0.15, 0.2) is 11.5 Å². The zero-order chi connectivity index (χ0) is 34.9. The van der Waals surface area contributed by atoms with Crippen LogP contribution in [0.2, 0.25) is 0 Å². The van der Waals surface area contributed by atoms with Gasteiger partial charge in [0.05, 0.1) is 30.4 Å². The number of urea groups is 1. The number of hydrogen-bond acceptors (Lipinski definition) is 9. The number of nitrogens with zero attached hydrogens (tertiary/aromatic N) is 3. The number of pyridine rings is 1. The fourth-order valence-electron chi connectivity index (χ4n) is 5.72. The van der Waals surface area contributed by atoms with E-state index in [4.69, 9.17) is 18.9 Å². The first-order valence-corrected chi connectivity index (χ1v) is 16.6. The molecule has 49 heavy (non-hydrogen) atoms. The summed E-state index contributed by atoms with van der Waals surface area (Å²) in [5.74, 6) is 0.646. The Bertz CT molecular complexity index is 1610. The number of amides is 4. The predicted octanol–water partition coefficient (Wildman–Crippen LogP) is 5.02. The van der Waals surface area contributed by atoms with Crippen LogP contribution in [0.3, 0.4) is 0 Å². The third-order valence-electron chi connectivity index (χ3n) is 8.68. The largest absolute Gasteiger partial charge is 0.490 e. The molecule has 0 saturated heterocycles. The van der Waals surface area contributed by atoms with Crippen molar-refractivity contribution in [3.63, 3.8) is 0 Å². The Morgan fingerprint density at radius 3 is 2.47 bits per heavy atom. The Balaban J connectivity index is 1.36. The summed E-state index contributed by atoms with van der Waals surface area (Å²) >= 11 is 0. The molecule has 0 fully saturated rings. The van der Waals surface area contributed by atoms with E-state index in [-0.39, 0.29) is 61.9 Å². The highest BCUT2D eigenvalue weighted by atomic mass is 16.7. The predicted molar refractivity (Wildman–Crippen MR) is 183 cm³/mol. The van der Waals surface area contributed by atoms with E-state index in [1.54, 1.807) is 72.3 Å². The number of ether oxygens (including phenoxy) is 4. The molecule has 3 aromatic rings. The van der Waals surface area contributed by atoms with Crippen molar-refractivity contribution in [2.24, 2.45) is 5.92 Å². The molecule has 0 unspecified atom stereocenters. The van der Waals surface area contributed by atoms with Gasteiger partial charge in [0, 0.05) is 68.1 Å². The van der Waals surface area contributed by atoms with E-state index in [0.717, 1.165) is 19.3 Å². The molecule has 2 aliphatic rings. The summed E-state index contributed by atoms with van der Waals surface area (Å²) in [7, 11) is 1.69. The molecule has 2 aromatic carbocycles. The van der Waals surface area contributed by atoms with Crippen molar-refractivity contribution in [1.29, 1.82) is 0 Å². The Kier molecular flexibility index (Phi) is 11.9. The lowest BCUT2D eigenvalue weighted by Gasteiger charge is -2.35. The summed E-state index contributed by atoms with van der Waals surface area (Å²) in [5, 5.41) is 16.0. The van der Waals surface area contributed by atoms with Crippen LogP contribution in [0, 0.1) is 5.92 Å². The molecule has 0 spiro atoms. The fourth-order valence-corrected chi connectivity index (χ4v) is 5.72. The second-order valence-corrected chi connectivity index (χ2v) is 12.6. The van der Waals surface area contributed by atoms with Gasteiger partial charge in [-0.3, -0.25) is 14.6 Å². The maximum Gasteiger partial charge on any atom is 0.321 e. The quantitative estimate of drug-likeness (QED) is 0.314. The van der Waals surface area contributed by atoms with E-state index in [0.29, 0.717) is 40.8 Å². The van der Waals surface area contributed by atoms with Crippen molar-refractivity contribution in [3.8, 4) is 17.2 Å². The van der Waals surface area contributed by atoms with E-state index in [2.05, 4.69) is 15.6 Å².